The summed E-state index contributed by atoms with van der Waals surface area (Å²) in [5, 5.41) is 2.93. The Kier molecular flexibility index (Phi) is 4.71. The second kappa shape index (κ2) is 7.19. The number of nitrogens with one attached hydrogen (secondary N) is 1. The molecule has 1 N–H and O–H groups in total. The highest BCUT2D eigenvalue weighted by Gasteiger charge is 2.28. The van der Waals surface area contributed by atoms with Gasteiger partial charge in [0.15, 0.2) is 5.78 Å². The van der Waals surface area contributed by atoms with Crippen LogP contribution in [0.1, 0.15) is 46.2 Å². The number of nitrogens with zero attached hydrogens (tertiary/aromatic N) is 2. The van der Waals surface area contributed by atoms with Crippen LogP contribution < -0.4 is 5.32 Å². The zero-order chi connectivity index (χ0) is 19.8. The van der Waals surface area contributed by atoms with E-state index < -0.39 is 0 Å². The predicted octanol–water partition coefficient (Wildman–Crippen LogP) is 3.31. The molecule has 0 spiro atoms. The molecule has 1 saturated carbocycles. The van der Waals surface area contributed by atoms with E-state index in [9.17, 15) is 14.0 Å². The molecule has 1 aromatic heterocycles. The van der Waals surface area contributed by atoms with Crippen LogP contribution in [0.2, 0.25) is 0 Å². The lowest BCUT2D eigenvalue weighted by atomic mass is 9.94. The molecule has 1 amide bonds. The van der Waals surface area contributed by atoms with Gasteiger partial charge in [0, 0.05) is 36.5 Å². The van der Waals surface area contributed by atoms with Gasteiger partial charge in [-0.3, -0.25) is 14.6 Å². The van der Waals surface area contributed by atoms with Crippen molar-refractivity contribution in [2.24, 2.45) is 18.0 Å². The minimum absolute atomic E-state index is 0.169. The Bertz CT molecular complexity index is 1010. The SMILES string of the molecule is CC1=C(C(=O)c2cc(C(=O)NCC3CC3)n(C)c2)C(c2ccc(F)cc2)=NC1. The number of aryl methyl sites for hydroxylation is 1. The zero-order valence-electron chi connectivity index (χ0n) is 16.0. The molecule has 2 aromatic rings. The molecule has 1 aromatic carbocycles. The fourth-order valence-corrected chi connectivity index (χ4v) is 3.41. The molecule has 6 heteroatoms. The lowest BCUT2D eigenvalue weighted by molar-refractivity contribution is 0.0943. The maximum Gasteiger partial charge on any atom is 0.267 e. The standard InChI is InChI=1S/C22H22FN3O2/c1-13-10-24-20(15-5-7-17(23)8-6-15)19(13)21(27)16-9-18(26(2)12-16)22(28)25-11-14-3-4-14/h5-9,12,14H,3-4,10-11H2,1-2H3,(H,25,28). The zero-order valence-corrected chi connectivity index (χ0v) is 16.0. The van der Waals surface area contributed by atoms with Gasteiger partial charge in [-0.05, 0) is 61.6 Å². The van der Waals surface area contributed by atoms with Gasteiger partial charge in [0.25, 0.3) is 5.91 Å². The van der Waals surface area contributed by atoms with E-state index in [1.54, 1.807) is 36.0 Å². The van der Waals surface area contributed by atoms with Crippen LogP contribution in [-0.2, 0) is 7.05 Å². The highest BCUT2D eigenvalue weighted by Crippen LogP contribution is 2.28. The number of carbonyl (C=O) groups excluding carboxylic acids is 2. The number of carbonyl (C=O) groups is 2. The van der Waals surface area contributed by atoms with Gasteiger partial charge < -0.3 is 9.88 Å². The Hall–Kier alpha value is -3.02. The summed E-state index contributed by atoms with van der Waals surface area (Å²) in [4.78, 5) is 30.1. The smallest absolute Gasteiger partial charge is 0.267 e. The molecule has 28 heavy (non-hydrogen) atoms. The number of halogens is 1. The van der Waals surface area contributed by atoms with Crippen molar-refractivity contribution >= 4 is 17.4 Å². The number of amides is 1. The van der Waals surface area contributed by atoms with Crippen molar-refractivity contribution in [3.63, 3.8) is 0 Å². The van der Waals surface area contributed by atoms with Crippen LogP contribution in [-0.4, -0.2) is 35.1 Å². The Morgan fingerprint density at radius 2 is 1.96 bits per heavy atom. The molecule has 2 aliphatic rings. The molecular weight excluding hydrogens is 357 g/mol. The number of benzene rings is 1. The molecule has 0 atom stereocenters. The van der Waals surface area contributed by atoms with Crippen LogP contribution in [0.4, 0.5) is 4.39 Å². The summed E-state index contributed by atoms with van der Waals surface area (Å²) in [6.07, 6.45) is 4.00. The van der Waals surface area contributed by atoms with E-state index in [4.69, 9.17) is 0 Å². The van der Waals surface area contributed by atoms with Gasteiger partial charge in [0.2, 0.25) is 0 Å². The number of aromatic nitrogens is 1. The van der Waals surface area contributed by atoms with Crippen LogP contribution in [0.25, 0.3) is 0 Å². The fourth-order valence-electron chi connectivity index (χ4n) is 3.41. The van der Waals surface area contributed by atoms with Crippen molar-refractivity contribution in [3.05, 3.63) is 70.3 Å². The third-order valence-electron chi connectivity index (χ3n) is 5.23. The lowest BCUT2D eigenvalue weighted by Crippen LogP contribution is -2.27. The summed E-state index contributed by atoms with van der Waals surface area (Å²) in [6, 6.07) is 7.60. The van der Waals surface area contributed by atoms with Crippen LogP contribution in [0.5, 0.6) is 0 Å². The largest absolute Gasteiger partial charge is 0.350 e. The molecule has 144 valence electrons. The summed E-state index contributed by atoms with van der Waals surface area (Å²) < 4.78 is 14.9. The molecule has 1 fully saturated rings. The number of allylic oxidation sites excluding steroid dienone is 1. The van der Waals surface area contributed by atoms with Crippen molar-refractivity contribution in [2.45, 2.75) is 19.8 Å². The third-order valence-corrected chi connectivity index (χ3v) is 5.23. The molecule has 1 aliphatic heterocycles. The van der Waals surface area contributed by atoms with Crippen molar-refractivity contribution in [2.75, 3.05) is 13.1 Å². The van der Waals surface area contributed by atoms with Crippen molar-refractivity contribution < 1.29 is 14.0 Å². The maximum absolute atomic E-state index is 13.3. The average Bonchev–Trinajstić information content (AvgIpc) is 3.31. The monoisotopic (exact) mass is 379 g/mol. The first kappa shape index (κ1) is 18.3. The Balaban J connectivity index is 1.58. The quantitative estimate of drug-likeness (QED) is 0.783. The minimum Gasteiger partial charge on any atom is -0.350 e. The fraction of sp³-hybridized carbons (Fsp3) is 0.318. The highest BCUT2D eigenvalue weighted by molar-refractivity contribution is 6.34. The van der Waals surface area contributed by atoms with Gasteiger partial charge in [-0.2, -0.15) is 0 Å². The minimum atomic E-state index is -0.333. The van der Waals surface area contributed by atoms with Crippen LogP contribution in [0, 0.1) is 11.7 Å². The molecule has 1 aliphatic carbocycles. The number of ketones is 1. The number of aliphatic imine (C=N–C) groups is 1. The molecule has 4 rings (SSSR count). The molecule has 5 nitrogen and oxygen atoms in total. The van der Waals surface area contributed by atoms with E-state index in [-0.39, 0.29) is 17.5 Å². The van der Waals surface area contributed by atoms with Gasteiger partial charge >= 0.3 is 0 Å². The van der Waals surface area contributed by atoms with Crippen LogP contribution in [0.3, 0.4) is 0 Å². The first-order valence-corrected chi connectivity index (χ1v) is 9.44. The van der Waals surface area contributed by atoms with Crippen LogP contribution in [0.15, 0.2) is 52.7 Å². The van der Waals surface area contributed by atoms with Gasteiger partial charge in [0.05, 0.1) is 12.3 Å². The number of rotatable bonds is 6. The average molecular weight is 379 g/mol. The Morgan fingerprint density at radius 3 is 2.64 bits per heavy atom. The molecule has 0 unspecified atom stereocenters. The molecule has 2 heterocycles. The second-order valence-corrected chi connectivity index (χ2v) is 7.53. The third kappa shape index (κ3) is 3.54. The Labute approximate surface area is 163 Å². The number of Topliss-reactive ketones (excluding diaryl/α,β-unsaturated/α-hetero) is 1. The highest BCUT2D eigenvalue weighted by atomic mass is 19.1. The first-order valence-electron chi connectivity index (χ1n) is 9.44. The molecule has 0 saturated heterocycles. The van der Waals surface area contributed by atoms with E-state index in [2.05, 4.69) is 10.3 Å². The molecule has 0 radical (unpaired) electrons. The normalized spacial score (nSPS) is 16.3. The van der Waals surface area contributed by atoms with Gasteiger partial charge in [-0.15, -0.1) is 0 Å². The maximum atomic E-state index is 13.3. The number of hydrogen-bond acceptors (Lipinski definition) is 3. The van der Waals surface area contributed by atoms with E-state index in [0.717, 1.165) is 18.4 Å². The van der Waals surface area contributed by atoms with Crippen molar-refractivity contribution in [1.82, 2.24) is 9.88 Å². The predicted molar refractivity (Wildman–Crippen MR) is 105 cm³/mol. The van der Waals surface area contributed by atoms with Crippen molar-refractivity contribution in [1.29, 1.82) is 0 Å². The van der Waals surface area contributed by atoms with E-state index >= 15 is 0 Å². The molecule has 0 bridgehead atoms. The molecular formula is C22H22FN3O2. The van der Waals surface area contributed by atoms with Crippen LogP contribution >= 0.6 is 0 Å². The van der Waals surface area contributed by atoms with Gasteiger partial charge in [-0.25, -0.2) is 4.39 Å². The van der Waals surface area contributed by atoms with Crippen molar-refractivity contribution in [3.8, 4) is 0 Å². The van der Waals surface area contributed by atoms with E-state index in [0.29, 0.717) is 47.1 Å². The summed E-state index contributed by atoms with van der Waals surface area (Å²) in [6.45, 7) is 2.99. The summed E-state index contributed by atoms with van der Waals surface area (Å²) in [7, 11) is 1.76. The summed E-state index contributed by atoms with van der Waals surface area (Å²) in [5.41, 5.74) is 3.59. The Morgan fingerprint density at radius 1 is 1.25 bits per heavy atom. The van der Waals surface area contributed by atoms with Gasteiger partial charge in [0.1, 0.15) is 11.5 Å². The first-order chi connectivity index (χ1) is 13.4. The lowest BCUT2D eigenvalue weighted by Gasteiger charge is -2.07. The topological polar surface area (TPSA) is 63.5 Å². The summed E-state index contributed by atoms with van der Waals surface area (Å²) >= 11 is 0. The second-order valence-electron chi connectivity index (χ2n) is 7.53. The van der Waals surface area contributed by atoms with Gasteiger partial charge in [-0.1, -0.05) is 0 Å². The number of hydrogen-bond donors (Lipinski definition) is 1. The van der Waals surface area contributed by atoms with E-state index in [1.165, 1.54) is 12.1 Å². The van der Waals surface area contributed by atoms with E-state index in [1.807, 2.05) is 6.92 Å². The summed E-state index contributed by atoms with van der Waals surface area (Å²) in [5.74, 6) is -0.0835.